The molecule has 2 aromatic heterocycles. The summed E-state index contributed by atoms with van der Waals surface area (Å²) in [5.74, 6) is 0.601. The number of aryl methyl sites for hydroxylation is 2. The topological polar surface area (TPSA) is 74.3 Å². The van der Waals surface area contributed by atoms with E-state index in [-0.39, 0.29) is 18.2 Å². The second-order valence-corrected chi connectivity index (χ2v) is 8.19. The largest absolute Gasteiger partial charge is 0.425 e. The lowest BCUT2D eigenvalue weighted by Gasteiger charge is -2.21. The van der Waals surface area contributed by atoms with Crippen molar-refractivity contribution in [2.75, 3.05) is 18.0 Å². The van der Waals surface area contributed by atoms with E-state index in [1.807, 2.05) is 24.3 Å². The first-order valence-electron chi connectivity index (χ1n) is 10.8. The molecular formula is C24H26ClN5O3. The van der Waals surface area contributed by atoms with E-state index in [0.29, 0.717) is 16.3 Å². The molecule has 2 aromatic carbocycles. The van der Waals surface area contributed by atoms with Gasteiger partial charge >= 0.3 is 11.7 Å². The predicted octanol–water partition coefficient (Wildman–Crippen LogP) is 3.77. The Morgan fingerprint density at radius 3 is 2.36 bits per heavy atom. The van der Waals surface area contributed by atoms with E-state index >= 15 is 0 Å². The minimum atomic E-state index is -0.448. The molecule has 0 unspecified atom stereocenters. The van der Waals surface area contributed by atoms with Crippen molar-refractivity contribution in [3.63, 3.8) is 0 Å². The van der Waals surface area contributed by atoms with E-state index in [0.717, 1.165) is 24.3 Å². The fourth-order valence-corrected chi connectivity index (χ4v) is 3.99. The minimum Gasteiger partial charge on any atom is -0.425 e. The average molecular weight is 468 g/mol. The molecule has 4 rings (SSSR count). The molecule has 0 atom stereocenters. The summed E-state index contributed by atoms with van der Waals surface area (Å²) >= 11 is 5.95. The van der Waals surface area contributed by atoms with E-state index in [4.69, 9.17) is 16.3 Å². The number of halogens is 1. The highest BCUT2D eigenvalue weighted by molar-refractivity contribution is 6.30. The van der Waals surface area contributed by atoms with Gasteiger partial charge < -0.3 is 9.64 Å². The highest BCUT2D eigenvalue weighted by Crippen LogP contribution is 2.26. The Balaban J connectivity index is 1.76. The smallest absolute Gasteiger partial charge is 0.332 e. The molecule has 0 fully saturated rings. The van der Waals surface area contributed by atoms with Gasteiger partial charge in [0.1, 0.15) is 5.75 Å². The first kappa shape index (κ1) is 22.7. The van der Waals surface area contributed by atoms with Crippen LogP contribution in [-0.2, 0) is 20.6 Å². The van der Waals surface area contributed by atoms with Crippen LogP contribution in [0.15, 0.2) is 58.1 Å². The average Bonchev–Trinajstić information content (AvgIpc) is 3.14. The SMILES string of the molecule is CCN(CC)c1cccc(Oc2nc3c(c(=O)n(Cc4ccc(Cl)cc4)c(=O)n3C)n2C)c1. The summed E-state index contributed by atoms with van der Waals surface area (Å²) in [7, 11) is 3.30. The summed E-state index contributed by atoms with van der Waals surface area (Å²) in [5, 5.41) is 0.591. The Hall–Kier alpha value is -3.52. The van der Waals surface area contributed by atoms with Crippen molar-refractivity contribution < 1.29 is 4.74 Å². The molecule has 0 saturated carbocycles. The second kappa shape index (κ2) is 9.15. The number of hydrogen-bond donors (Lipinski definition) is 0. The molecule has 0 amide bonds. The lowest BCUT2D eigenvalue weighted by atomic mass is 10.2. The van der Waals surface area contributed by atoms with Gasteiger partial charge in [0.2, 0.25) is 0 Å². The van der Waals surface area contributed by atoms with E-state index in [1.54, 1.807) is 42.9 Å². The molecule has 0 radical (unpaired) electrons. The third kappa shape index (κ3) is 4.26. The highest BCUT2D eigenvalue weighted by Gasteiger charge is 2.20. The molecule has 0 aliphatic carbocycles. The maximum atomic E-state index is 13.3. The summed E-state index contributed by atoms with van der Waals surface area (Å²) < 4.78 is 10.2. The zero-order valence-electron chi connectivity index (χ0n) is 19.1. The van der Waals surface area contributed by atoms with Gasteiger partial charge in [0.05, 0.1) is 6.54 Å². The van der Waals surface area contributed by atoms with E-state index in [9.17, 15) is 9.59 Å². The summed E-state index contributed by atoms with van der Waals surface area (Å²) in [5.41, 5.74) is 1.52. The van der Waals surface area contributed by atoms with Crippen LogP contribution in [0.3, 0.4) is 0 Å². The van der Waals surface area contributed by atoms with Crippen molar-refractivity contribution >= 4 is 28.5 Å². The second-order valence-electron chi connectivity index (χ2n) is 7.76. The Bertz CT molecular complexity index is 1420. The van der Waals surface area contributed by atoms with E-state index in [1.165, 1.54) is 9.13 Å². The monoisotopic (exact) mass is 467 g/mol. The number of anilines is 1. The number of ether oxygens (including phenoxy) is 1. The summed E-state index contributed by atoms with van der Waals surface area (Å²) in [4.78, 5) is 32.9. The Labute approximate surface area is 196 Å². The van der Waals surface area contributed by atoms with Gasteiger partial charge in [-0.25, -0.2) is 4.79 Å². The first-order chi connectivity index (χ1) is 15.8. The van der Waals surface area contributed by atoms with Crippen LogP contribution < -0.4 is 20.9 Å². The standard InChI is InChI=1S/C24H26ClN5O3/c1-5-29(6-2)18-8-7-9-19(14-18)33-23-26-21-20(27(23)3)22(31)30(24(32)28(21)4)15-16-10-12-17(25)13-11-16/h7-14H,5-6,15H2,1-4H3. The van der Waals surface area contributed by atoms with Crippen LogP contribution in [0.4, 0.5) is 5.69 Å². The maximum absolute atomic E-state index is 13.3. The fourth-order valence-electron chi connectivity index (χ4n) is 3.86. The molecule has 0 spiro atoms. The van der Waals surface area contributed by atoms with Crippen molar-refractivity contribution in [2.45, 2.75) is 20.4 Å². The third-order valence-corrected chi connectivity index (χ3v) is 5.98. The first-order valence-corrected chi connectivity index (χ1v) is 11.1. The number of nitrogens with zero attached hydrogens (tertiary/aromatic N) is 5. The molecule has 9 heteroatoms. The molecule has 0 aliphatic rings. The Morgan fingerprint density at radius 1 is 1.00 bits per heavy atom. The number of imidazole rings is 1. The summed E-state index contributed by atoms with van der Waals surface area (Å²) in [6.45, 7) is 6.07. The predicted molar refractivity (Wildman–Crippen MR) is 131 cm³/mol. The van der Waals surface area contributed by atoms with Crippen molar-refractivity contribution in [1.29, 1.82) is 0 Å². The van der Waals surface area contributed by atoms with Gasteiger partial charge in [0.15, 0.2) is 11.2 Å². The molecule has 8 nitrogen and oxygen atoms in total. The van der Waals surface area contributed by atoms with Crippen molar-refractivity contribution in [3.05, 3.63) is 80.0 Å². The highest BCUT2D eigenvalue weighted by atomic mass is 35.5. The van der Waals surface area contributed by atoms with Crippen LogP contribution >= 0.6 is 11.6 Å². The van der Waals surface area contributed by atoms with Crippen LogP contribution in [-0.4, -0.2) is 31.8 Å². The molecule has 172 valence electrons. The van der Waals surface area contributed by atoms with E-state index < -0.39 is 11.2 Å². The van der Waals surface area contributed by atoms with Crippen molar-refractivity contribution in [1.82, 2.24) is 18.7 Å². The van der Waals surface area contributed by atoms with Crippen molar-refractivity contribution in [2.24, 2.45) is 14.1 Å². The number of benzene rings is 2. The molecule has 0 N–H and O–H groups in total. The molecule has 0 bridgehead atoms. The van der Waals surface area contributed by atoms with Crippen molar-refractivity contribution in [3.8, 4) is 11.8 Å². The normalized spacial score (nSPS) is 11.2. The maximum Gasteiger partial charge on any atom is 0.332 e. The molecule has 0 saturated heterocycles. The number of fused-ring (bicyclic) bond motifs is 1. The van der Waals surface area contributed by atoms with Gasteiger partial charge in [-0.1, -0.05) is 29.8 Å². The van der Waals surface area contributed by atoms with Crippen LogP contribution in [0.2, 0.25) is 5.02 Å². The van der Waals surface area contributed by atoms with Crippen LogP contribution in [0.25, 0.3) is 11.2 Å². The fraction of sp³-hybridized carbons (Fsp3) is 0.292. The lowest BCUT2D eigenvalue weighted by molar-refractivity contribution is 0.427. The zero-order chi connectivity index (χ0) is 23.7. The van der Waals surface area contributed by atoms with Gasteiger partial charge in [-0.05, 0) is 43.7 Å². The lowest BCUT2D eigenvalue weighted by Crippen LogP contribution is -2.39. The Morgan fingerprint density at radius 2 is 1.70 bits per heavy atom. The van der Waals surface area contributed by atoms with Gasteiger partial charge in [0.25, 0.3) is 5.56 Å². The minimum absolute atomic E-state index is 0.131. The van der Waals surface area contributed by atoms with Crippen LogP contribution in [0.5, 0.6) is 11.8 Å². The number of rotatable bonds is 7. The molecule has 4 aromatic rings. The van der Waals surface area contributed by atoms with E-state index in [2.05, 4.69) is 23.7 Å². The zero-order valence-corrected chi connectivity index (χ0v) is 19.8. The third-order valence-electron chi connectivity index (χ3n) is 5.73. The summed E-state index contributed by atoms with van der Waals surface area (Å²) in [6, 6.07) is 15.0. The van der Waals surface area contributed by atoms with Gasteiger partial charge in [-0.2, -0.15) is 4.98 Å². The molecular weight excluding hydrogens is 442 g/mol. The van der Waals surface area contributed by atoms with Crippen LogP contribution in [0.1, 0.15) is 19.4 Å². The van der Waals surface area contributed by atoms with Gasteiger partial charge in [0, 0.05) is 44.0 Å². The number of aromatic nitrogens is 4. The van der Waals surface area contributed by atoms with Gasteiger partial charge in [-0.15, -0.1) is 0 Å². The Kier molecular flexibility index (Phi) is 6.29. The quantitative estimate of drug-likeness (QED) is 0.413. The molecule has 2 heterocycles. The molecule has 33 heavy (non-hydrogen) atoms. The number of hydrogen-bond acceptors (Lipinski definition) is 5. The summed E-state index contributed by atoms with van der Waals surface area (Å²) in [6.07, 6.45) is 0. The van der Waals surface area contributed by atoms with Gasteiger partial charge in [-0.3, -0.25) is 18.5 Å². The molecule has 0 aliphatic heterocycles. The van der Waals surface area contributed by atoms with Crippen LogP contribution in [0, 0.1) is 0 Å².